The quantitative estimate of drug-likeness (QED) is 0.638. The molecule has 0 spiro atoms. The fourth-order valence-corrected chi connectivity index (χ4v) is 2.38. The second kappa shape index (κ2) is 9.60. The minimum atomic E-state index is -0.765. The summed E-state index contributed by atoms with van der Waals surface area (Å²) in [5, 5.41) is 11.6. The molecule has 0 aromatic heterocycles. The maximum absolute atomic E-state index is 11.9. The third-order valence-electron chi connectivity index (χ3n) is 3.53. The molecular weight excluding hydrogens is 272 g/mol. The van der Waals surface area contributed by atoms with Crippen LogP contribution in [0.4, 0.5) is 4.79 Å². The second-order valence-electron chi connectivity index (χ2n) is 6.09. The number of carboxylic acids is 1. The maximum atomic E-state index is 11.9. The number of rotatable bonds is 9. The molecule has 0 radical (unpaired) electrons. The smallest absolute Gasteiger partial charge is 0.317 e. The molecule has 0 aromatic rings. The lowest BCUT2D eigenvalue weighted by atomic mass is 10.0. The molecule has 1 fully saturated rings. The number of nitrogens with one attached hydrogen (secondary N) is 1. The van der Waals surface area contributed by atoms with Crippen LogP contribution in [0.3, 0.4) is 0 Å². The van der Waals surface area contributed by atoms with Gasteiger partial charge in [0, 0.05) is 39.3 Å². The van der Waals surface area contributed by atoms with E-state index in [9.17, 15) is 9.59 Å². The van der Waals surface area contributed by atoms with Gasteiger partial charge in [0.15, 0.2) is 0 Å². The fraction of sp³-hybridized carbons (Fsp3) is 0.867. The molecule has 2 N–H and O–H groups in total. The normalized spacial score (nSPS) is 18.2. The molecule has 1 saturated heterocycles. The van der Waals surface area contributed by atoms with Crippen LogP contribution in [0.25, 0.3) is 0 Å². The van der Waals surface area contributed by atoms with Crippen LogP contribution in [0, 0.1) is 11.8 Å². The Balaban J connectivity index is 2.06. The van der Waals surface area contributed by atoms with E-state index in [1.165, 1.54) is 0 Å². The van der Waals surface area contributed by atoms with Crippen LogP contribution in [0.2, 0.25) is 0 Å². The van der Waals surface area contributed by atoms with Crippen LogP contribution in [-0.2, 0) is 9.53 Å². The Hall–Kier alpha value is -1.30. The molecule has 6 nitrogen and oxygen atoms in total. The first-order valence-corrected chi connectivity index (χ1v) is 7.81. The molecule has 122 valence electrons. The summed E-state index contributed by atoms with van der Waals surface area (Å²) in [5.74, 6) is 0.0902. The van der Waals surface area contributed by atoms with Crippen molar-refractivity contribution in [3.05, 3.63) is 0 Å². The molecule has 1 unspecified atom stereocenters. The van der Waals surface area contributed by atoms with E-state index in [4.69, 9.17) is 9.84 Å². The van der Waals surface area contributed by atoms with Crippen molar-refractivity contribution in [3.8, 4) is 0 Å². The average Bonchev–Trinajstić information content (AvgIpc) is 2.88. The van der Waals surface area contributed by atoms with E-state index in [2.05, 4.69) is 19.2 Å². The van der Waals surface area contributed by atoms with Gasteiger partial charge in [-0.15, -0.1) is 0 Å². The Morgan fingerprint density at radius 2 is 2.19 bits per heavy atom. The van der Waals surface area contributed by atoms with Gasteiger partial charge in [-0.1, -0.05) is 13.8 Å². The first-order chi connectivity index (χ1) is 9.99. The van der Waals surface area contributed by atoms with Crippen LogP contribution < -0.4 is 5.32 Å². The molecule has 2 amide bonds. The average molecular weight is 300 g/mol. The van der Waals surface area contributed by atoms with E-state index in [1.807, 2.05) is 0 Å². The van der Waals surface area contributed by atoms with Crippen molar-refractivity contribution in [3.63, 3.8) is 0 Å². The van der Waals surface area contributed by atoms with Gasteiger partial charge in [0.2, 0.25) is 0 Å². The highest BCUT2D eigenvalue weighted by atomic mass is 16.5. The van der Waals surface area contributed by atoms with Gasteiger partial charge in [-0.3, -0.25) is 4.79 Å². The van der Waals surface area contributed by atoms with Crippen LogP contribution in [0.5, 0.6) is 0 Å². The number of urea groups is 1. The van der Waals surface area contributed by atoms with E-state index >= 15 is 0 Å². The lowest BCUT2D eigenvalue weighted by Crippen LogP contribution is -2.39. The van der Waals surface area contributed by atoms with E-state index in [-0.39, 0.29) is 12.5 Å². The minimum Gasteiger partial charge on any atom is -0.481 e. The van der Waals surface area contributed by atoms with Gasteiger partial charge in [-0.05, 0) is 31.1 Å². The number of carbonyl (C=O) groups is 2. The summed E-state index contributed by atoms with van der Waals surface area (Å²) in [5.41, 5.74) is 0. The highest BCUT2D eigenvalue weighted by Gasteiger charge is 2.26. The van der Waals surface area contributed by atoms with E-state index < -0.39 is 5.97 Å². The number of amides is 2. The topological polar surface area (TPSA) is 78.9 Å². The molecule has 1 rings (SSSR count). The third kappa shape index (κ3) is 7.90. The maximum Gasteiger partial charge on any atom is 0.317 e. The summed E-state index contributed by atoms with van der Waals surface area (Å²) in [7, 11) is 0. The van der Waals surface area contributed by atoms with Crippen LogP contribution in [-0.4, -0.2) is 54.9 Å². The van der Waals surface area contributed by atoms with Crippen molar-refractivity contribution in [2.24, 2.45) is 11.8 Å². The number of nitrogens with zero attached hydrogens (tertiary/aromatic N) is 1. The lowest BCUT2D eigenvalue weighted by Gasteiger charge is -2.17. The van der Waals surface area contributed by atoms with Crippen molar-refractivity contribution >= 4 is 12.0 Å². The number of aliphatic carboxylic acids is 1. The van der Waals surface area contributed by atoms with Crippen molar-refractivity contribution in [1.82, 2.24) is 10.2 Å². The number of carbonyl (C=O) groups excluding carboxylic acids is 1. The van der Waals surface area contributed by atoms with Gasteiger partial charge in [-0.2, -0.15) is 0 Å². The zero-order valence-corrected chi connectivity index (χ0v) is 13.1. The Labute approximate surface area is 126 Å². The molecule has 21 heavy (non-hydrogen) atoms. The summed E-state index contributed by atoms with van der Waals surface area (Å²) in [6.07, 6.45) is 2.56. The van der Waals surface area contributed by atoms with E-state index in [1.54, 1.807) is 4.90 Å². The van der Waals surface area contributed by atoms with E-state index in [0.717, 1.165) is 26.0 Å². The van der Waals surface area contributed by atoms with Crippen LogP contribution in [0.15, 0.2) is 0 Å². The number of hydrogen-bond donors (Lipinski definition) is 2. The Kier molecular flexibility index (Phi) is 8.12. The molecular formula is C15H28N2O4. The van der Waals surface area contributed by atoms with Crippen molar-refractivity contribution in [2.45, 2.75) is 39.5 Å². The number of hydrogen-bond acceptors (Lipinski definition) is 3. The molecule has 0 saturated carbocycles. The van der Waals surface area contributed by atoms with Gasteiger partial charge in [0.05, 0.1) is 0 Å². The molecule has 0 bridgehead atoms. The highest BCUT2D eigenvalue weighted by Crippen LogP contribution is 2.20. The van der Waals surface area contributed by atoms with Crippen LogP contribution in [0.1, 0.15) is 39.5 Å². The first kappa shape index (κ1) is 17.8. The molecule has 1 atom stereocenters. The third-order valence-corrected chi connectivity index (χ3v) is 3.53. The Morgan fingerprint density at radius 1 is 1.43 bits per heavy atom. The molecule has 1 aliphatic rings. The summed E-state index contributed by atoms with van der Waals surface area (Å²) >= 11 is 0. The SMILES string of the molecule is CC(C)COCCCNC(=O)N1CCC(CCC(=O)O)C1. The zero-order valence-electron chi connectivity index (χ0n) is 13.1. The van der Waals surface area contributed by atoms with Gasteiger partial charge < -0.3 is 20.1 Å². The number of likely N-dealkylation sites (tertiary alicyclic amines) is 1. The van der Waals surface area contributed by atoms with Crippen LogP contribution >= 0.6 is 0 Å². The van der Waals surface area contributed by atoms with Gasteiger partial charge in [0.25, 0.3) is 0 Å². The highest BCUT2D eigenvalue weighted by molar-refractivity contribution is 5.74. The molecule has 0 aromatic carbocycles. The largest absolute Gasteiger partial charge is 0.481 e. The number of ether oxygens (including phenoxy) is 1. The van der Waals surface area contributed by atoms with Gasteiger partial charge >= 0.3 is 12.0 Å². The standard InChI is InChI=1S/C15H28N2O4/c1-12(2)11-21-9-3-7-16-15(20)17-8-6-13(10-17)4-5-14(18)19/h12-13H,3-11H2,1-2H3,(H,16,20)(H,18,19). The lowest BCUT2D eigenvalue weighted by molar-refractivity contribution is -0.137. The first-order valence-electron chi connectivity index (χ1n) is 7.81. The van der Waals surface area contributed by atoms with Crippen molar-refractivity contribution in [1.29, 1.82) is 0 Å². The van der Waals surface area contributed by atoms with Crippen molar-refractivity contribution < 1.29 is 19.4 Å². The molecule has 6 heteroatoms. The fourth-order valence-electron chi connectivity index (χ4n) is 2.38. The minimum absolute atomic E-state index is 0.0447. The second-order valence-corrected chi connectivity index (χ2v) is 6.09. The Bertz CT molecular complexity index is 334. The zero-order chi connectivity index (χ0) is 15.7. The Morgan fingerprint density at radius 3 is 2.86 bits per heavy atom. The predicted octanol–water partition coefficient (Wildman–Crippen LogP) is 1.95. The van der Waals surface area contributed by atoms with Gasteiger partial charge in [-0.25, -0.2) is 4.79 Å². The van der Waals surface area contributed by atoms with Gasteiger partial charge in [0.1, 0.15) is 0 Å². The summed E-state index contributed by atoms with van der Waals surface area (Å²) < 4.78 is 5.45. The summed E-state index contributed by atoms with van der Waals surface area (Å²) in [4.78, 5) is 24.2. The summed E-state index contributed by atoms with van der Waals surface area (Å²) in [6.45, 7) is 7.65. The van der Waals surface area contributed by atoms with Crippen molar-refractivity contribution in [2.75, 3.05) is 32.8 Å². The molecule has 0 aliphatic carbocycles. The summed E-state index contributed by atoms with van der Waals surface area (Å²) in [6, 6.07) is -0.0447. The molecule has 1 aliphatic heterocycles. The predicted molar refractivity (Wildman–Crippen MR) is 80.2 cm³/mol. The monoisotopic (exact) mass is 300 g/mol. The number of carboxylic acid groups (broad SMARTS) is 1. The molecule has 1 heterocycles. The van der Waals surface area contributed by atoms with E-state index in [0.29, 0.717) is 38.0 Å².